The lowest BCUT2D eigenvalue weighted by molar-refractivity contribution is -0.142. The molecule has 0 bridgehead atoms. The molecule has 3 rings (SSSR count). The number of amides is 13. The highest BCUT2D eigenvalue weighted by Crippen LogP contribution is 2.19. The Labute approximate surface area is 482 Å². The molecule has 21 N–H and O–H groups in total. The Morgan fingerprint density at radius 3 is 1.62 bits per heavy atom. The largest absolute Gasteiger partial charge is 0.508 e. The van der Waals surface area contributed by atoms with Gasteiger partial charge in [-0.25, -0.2) is 0 Å². The van der Waals surface area contributed by atoms with Crippen LogP contribution in [0.5, 0.6) is 11.5 Å². The summed E-state index contributed by atoms with van der Waals surface area (Å²) in [7, 11) is 0. The molecule has 1 aliphatic heterocycles. The molecule has 1 aliphatic rings. The van der Waals surface area contributed by atoms with Crippen LogP contribution < -0.4 is 76.1 Å². The summed E-state index contributed by atoms with van der Waals surface area (Å²) < 4.78 is 0. The van der Waals surface area contributed by atoms with Crippen molar-refractivity contribution in [1.82, 2.24) is 58.1 Å². The molecule has 0 aliphatic carbocycles. The third-order valence-electron chi connectivity index (χ3n) is 12.7. The summed E-state index contributed by atoms with van der Waals surface area (Å²) in [6.45, 7) is 2.62. The Kier molecular flexibility index (Phi) is 27.8. The van der Waals surface area contributed by atoms with Crippen molar-refractivity contribution in [2.75, 3.05) is 39.3 Å². The van der Waals surface area contributed by atoms with E-state index >= 15 is 0 Å². The molecule has 32 nitrogen and oxygen atoms in total. The monoisotopic (exact) mass is 1180 g/mol. The number of primary amides is 2. The lowest BCUT2D eigenvalue weighted by Crippen LogP contribution is -2.60. The van der Waals surface area contributed by atoms with Gasteiger partial charge in [-0.05, 0) is 73.9 Å². The summed E-state index contributed by atoms with van der Waals surface area (Å²) in [4.78, 5) is 175. The maximum absolute atomic E-state index is 13.8. The molecule has 1 heterocycles. The Bertz CT molecular complexity index is 2720. The van der Waals surface area contributed by atoms with Gasteiger partial charge in [0, 0.05) is 32.9 Å². The van der Waals surface area contributed by atoms with Crippen LogP contribution in [-0.4, -0.2) is 191 Å². The quantitative estimate of drug-likeness (QED) is 0.0179. The van der Waals surface area contributed by atoms with Gasteiger partial charge in [0.05, 0.1) is 32.7 Å². The Morgan fingerprint density at radius 2 is 1.10 bits per heavy atom. The van der Waals surface area contributed by atoms with Crippen LogP contribution in [0.3, 0.4) is 0 Å². The summed E-state index contributed by atoms with van der Waals surface area (Å²) in [5, 5.41) is 53.4. The van der Waals surface area contributed by atoms with Crippen LogP contribution in [0.1, 0.15) is 70.9 Å². The second-order valence-electron chi connectivity index (χ2n) is 19.9. The van der Waals surface area contributed by atoms with Crippen molar-refractivity contribution in [3.05, 3.63) is 59.7 Å². The van der Waals surface area contributed by atoms with Crippen LogP contribution in [-0.2, 0) is 75.2 Å². The predicted molar refractivity (Wildman–Crippen MR) is 297 cm³/mol. The summed E-state index contributed by atoms with van der Waals surface area (Å²) in [5.41, 5.74) is 22.8. The third-order valence-corrected chi connectivity index (χ3v) is 12.7. The average molecular weight is 1180 g/mol. The fraction of sp³-hybridized carbons (Fsp3) is 0.500. The van der Waals surface area contributed by atoms with Gasteiger partial charge in [-0.3, -0.25) is 67.3 Å². The number of aromatic hydroxyl groups is 2. The number of nitrogens with one attached hydrogen (secondary N) is 10. The van der Waals surface area contributed by atoms with E-state index < -0.39 is 164 Å². The van der Waals surface area contributed by atoms with E-state index in [2.05, 4.69) is 58.2 Å². The van der Waals surface area contributed by atoms with Crippen molar-refractivity contribution in [1.29, 1.82) is 0 Å². The first kappa shape index (κ1) is 68.7. The normalized spacial score (nSPS) is 15.1. The number of nitrogens with two attached hydrogens (primary N) is 4. The number of nitrogens with zero attached hydrogens (tertiary/aromatic N) is 2. The number of aliphatic hydroxyl groups excluding tert-OH is 1. The molecule has 0 saturated carbocycles. The number of hydrogen-bond donors (Lipinski definition) is 17. The van der Waals surface area contributed by atoms with Gasteiger partial charge in [0.1, 0.15) is 59.8 Å². The molecule has 1 fully saturated rings. The van der Waals surface area contributed by atoms with Crippen LogP contribution in [0, 0.1) is 5.92 Å². The molecule has 1 unspecified atom stereocenters. The molecule has 13 amide bonds. The van der Waals surface area contributed by atoms with Gasteiger partial charge in [-0.2, -0.15) is 0 Å². The lowest BCUT2D eigenvalue weighted by Gasteiger charge is -2.28. The first-order valence-electron chi connectivity index (χ1n) is 26.6. The number of likely N-dealkylation sites (tertiary alicyclic amines) is 1. The molecule has 8 atom stereocenters. The van der Waals surface area contributed by atoms with Gasteiger partial charge in [-0.1, -0.05) is 38.1 Å². The molecule has 32 heteroatoms. The fourth-order valence-electron chi connectivity index (χ4n) is 8.28. The summed E-state index contributed by atoms with van der Waals surface area (Å²) in [5.74, 6) is -12.5. The molecule has 460 valence electrons. The van der Waals surface area contributed by atoms with Gasteiger partial charge in [0.15, 0.2) is 5.96 Å². The SMILES string of the molecule is CC(=O)NCC(=O)N[C@@H](Cc1ccc(O)cc1)C(=O)N[C@@H](CCCN=C(N)N)C(=O)N[C@@H](C)C(=O)N[C@@H](CC(N)=O)C(=O)NC(C(=O)NCC(=O)N[C@@H](CO)C(=O)N1CCC[C@H]1C(=O)NCC(=O)N[C@@H](Cc1ccc(O)cc1)C(N)=O)C(C)C. The van der Waals surface area contributed by atoms with E-state index in [1.165, 1.54) is 76.2 Å². The number of benzene rings is 2. The number of rotatable bonds is 33. The van der Waals surface area contributed by atoms with Gasteiger partial charge in [0.2, 0.25) is 76.8 Å². The zero-order valence-electron chi connectivity index (χ0n) is 46.9. The molecule has 2 aromatic carbocycles. The van der Waals surface area contributed by atoms with Crippen LogP contribution >= 0.6 is 0 Å². The van der Waals surface area contributed by atoms with Crippen LogP contribution in [0.15, 0.2) is 53.5 Å². The fourth-order valence-corrected chi connectivity index (χ4v) is 8.28. The maximum atomic E-state index is 13.8. The zero-order valence-corrected chi connectivity index (χ0v) is 46.9. The topological polar surface area (TPSA) is 523 Å². The van der Waals surface area contributed by atoms with Gasteiger partial charge in [0.25, 0.3) is 0 Å². The summed E-state index contributed by atoms with van der Waals surface area (Å²) >= 11 is 0. The van der Waals surface area contributed by atoms with E-state index in [9.17, 15) is 77.6 Å². The number of hydrogen-bond acceptors (Lipinski definition) is 17. The Morgan fingerprint density at radius 1 is 0.595 bits per heavy atom. The second-order valence-corrected chi connectivity index (χ2v) is 19.9. The molecule has 0 spiro atoms. The minimum Gasteiger partial charge on any atom is -0.508 e. The van der Waals surface area contributed by atoms with E-state index in [1.54, 1.807) is 0 Å². The highest BCUT2D eigenvalue weighted by atomic mass is 16.3. The van der Waals surface area contributed by atoms with E-state index in [-0.39, 0.29) is 62.7 Å². The van der Waals surface area contributed by atoms with Gasteiger partial charge >= 0.3 is 0 Å². The summed E-state index contributed by atoms with van der Waals surface area (Å²) in [6, 6.07) is 0.212. The minimum absolute atomic E-state index is 0.00509. The van der Waals surface area contributed by atoms with E-state index in [0.29, 0.717) is 17.5 Å². The van der Waals surface area contributed by atoms with Crippen molar-refractivity contribution in [3.63, 3.8) is 0 Å². The average Bonchev–Trinajstić information content (AvgIpc) is 3.84. The highest BCUT2D eigenvalue weighted by molar-refractivity contribution is 5.99. The number of guanidine groups is 1. The number of phenols is 2. The Balaban J connectivity index is 1.64. The molecule has 0 radical (unpaired) electrons. The van der Waals surface area contributed by atoms with Gasteiger partial charge < -0.3 is 96.3 Å². The van der Waals surface area contributed by atoms with E-state index in [0.717, 1.165) is 4.90 Å². The molecule has 0 aromatic heterocycles. The summed E-state index contributed by atoms with van der Waals surface area (Å²) in [6.07, 6.45) is -0.487. The van der Waals surface area contributed by atoms with Crippen molar-refractivity contribution in [2.45, 2.75) is 121 Å². The molecule has 1 saturated heterocycles. The highest BCUT2D eigenvalue weighted by Gasteiger charge is 2.38. The smallest absolute Gasteiger partial charge is 0.248 e. The third kappa shape index (κ3) is 23.8. The first-order valence-corrected chi connectivity index (χ1v) is 26.6. The number of carbonyl (C=O) groups excluding carboxylic acids is 13. The standard InChI is InChI=1S/C52H76N16O16/c1-26(2)43(50(83)60-24-42(76)64-37(25-69)51(84)68-18-6-8-38(68)49(82)59-23-41(75)62-34(44(54)77)19-29-9-13-31(71)14-10-29)67-48(81)36(21-39(53)73)66-45(78)27(3)61-46(79)33(7-5-17-57-52(55)56)65-47(80)35(63-40(74)22-58-28(4)70)20-30-11-15-32(72)16-12-30/h9-16,26-27,33-38,43,69,71-72H,5-8,17-25H2,1-4H3,(H2,53,73)(H2,54,77)(H,58,70)(H,59,82)(H,60,83)(H,61,79)(H,62,75)(H,63,74)(H,64,76)(H,65,80)(H,66,78)(H,67,81)(H4,55,56,57)/t27-,33-,34-,35-,36-,37-,38-,43?/m0/s1. The van der Waals surface area contributed by atoms with E-state index in [4.69, 9.17) is 22.9 Å². The van der Waals surface area contributed by atoms with Crippen LogP contribution in [0.4, 0.5) is 0 Å². The molecular formula is C52H76N16O16. The van der Waals surface area contributed by atoms with Crippen LogP contribution in [0.25, 0.3) is 0 Å². The van der Waals surface area contributed by atoms with Crippen molar-refractivity contribution >= 4 is 82.8 Å². The minimum atomic E-state index is -1.75. The lowest BCUT2D eigenvalue weighted by atomic mass is 10.0. The van der Waals surface area contributed by atoms with Gasteiger partial charge in [-0.15, -0.1) is 0 Å². The number of aliphatic imine (C=N–C) groups is 1. The molecule has 84 heavy (non-hydrogen) atoms. The van der Waals surface area contributed by atoms with Crippen molar-refractivity contribution < 1.29 is 77.6 Å². The second kappa shape index (κ2) is 34.0. The zero-order chi connectivity index (χ0) is 62.8. The van der Waals surface area contributed by atoms with Crippen molar-refractivity contribution in [3.8, 4) is 11.5 Å². The van der Waals surface area contributed by atoms with Crippen LogP contribution in [0.2, 0.25) is 0 Å². The number of carbonyl (C=O) groups is 13. The van der Waals surface area contributed by atoms with E-state index in [1.807, 2.05) is 0 Å². The molecular weight excluding hydrogens is 1100 g/mol. The molecule has 2 aromatic rings. The Hall–Kier alpha value is -9.62. The first-order chi connectivity index (χ1) is 39.6. The predicted octanol–water partition coefficient (Wildman–Crippen LogP) is -7.28. The number of aliphatic hydroxyl groups is 1. The van der Waals surface area contributed by atoms with Crippen molar-refractivity contribution in [2.24, 2.45) is 33.8 Å². The number of phenolic OH excluding ortho intramolecular Hbond substituents is 2. The maximum Gasteiger partial charge on any atom is 0.248 e.